The van der Waals surface area contributed by atoms with Crippen molar-refractivity contribution in [3.8, 4) is 0 Å². The Morgan fingerprint density at radius 3 is 2.62 bits per heavy atom. The second-order valence-corrected chi connectivity index (χ2v) is 5.77. The summed E-state index contributed by atoms with van der Waals surface area (Å²) >= 11 is 0. The van der Waals surface area contributed by atoms with Crippen LogP contribution in [0.3, 0.4) is 0 Å². The predicted molar refractivity (Wildman–Crippen MR) is 64.3 cm³/mol. The van der Waals surface area contributed by atoms with Crippen LogP contribution < -0.4 is 5.32 Å². The van der Waals surface area contributed by atoms with Gasteiger partial charge in [-0.25, -0.2) is 0 Å². The van der Waals surface area contributed by atoms with E-state index in [9.17, 15) is 0 Å². The van der Waals surface area contributed by atoms with Gasteiger partial charge in [-0.15, -0.1) is 0 Å². The molecule has 0 radical (unpaired) electrons. The average molecular weight is 224 g/mol. The van der Waals surface area contributed by atoms with Crippen LogP contribution in [0.15, 0.2) is 0 Å². The first-order valence-electron chi connectivity index (χ1n) is 6.95. The van der Waals surface area contributed by atoms with E-state index in [2.05, 4.69) is 17.1 Å². The van der Waals surface area contributed by atoms with E-state index < -0.39 is 0 Å². The third-order valence-corrected chi connectivity index (χ3v) is 4.38. The van der Waals surface area contributed by atoms with Crippen molar-refractivity contribution in [1.29, 1.82) is 0 Å². The number of hydrogen-bond donors (Lipinski definition) is 1. The zero-order chi connectivity index (χ0) is 11.0. The second kappa shape index (κ2) is 4.28. The molecule has 3 rings (SSSR count). The lowest BCUT2D eigenvalue weighted by molar-refractivity contribution is -0.0873. The maximum absolute atomic E-state index is 6.17. The molecule has 3 nitrogen and oxygen atoms in total. The number of nitrogens with one attached hydrogen (secondary N) is 1. The molecule has 92 valence electrons. The first-order chi connectivity index (χ1) is 7.80. The summed E-state index contributed by atoms with van der Waals surface area (Å²) in [6.45, 7) is 7.06. The molecule has 0 aromatic heterocycles. The molecule has 1 saturated carbocycles. The van der Waals surface area contributed by atoms with Gasteiger partial charge in [0.2, 0.25) is 0 Å². The van der Waals surface area contributed by atoms with Gasteiger partial charge in [-0.3, -0.25) is 5.32 Å². The molecule has 3 aliphatic rings. The minimum Gasteiger partial charge on any atom is -0.356 e. The van der Waals surface area contributed by atoms with Crippen LogP contribution in [0.2, 0.25) is 0 Å². The Balaban J connectivity index is 1.49. The second-order valence-electron chi connectivity index (χ2n) is 5.77. The number of likely N-dealkylation sites (tertiary alicyclic amines) is 1. The standard InChI is InChI=1S/C13H24N2O/c1-2-12-9-14-13(16-12)5-7-15(8-6-13)10-11-3-4-11/h11-12,14H,2-10H2,1H3. The van der Waals surface area contributed by atoms with E-state index in [1.54, 1.807) is 0 Å². The first-order valence-corrected chi connectivity index (χ1v) is 6.95. The fraction of sp³-hybridized carbons (Fsp3) is 1.00. The normalized spacial score (nSPS) is 34.7. The van der Waals surface area contributed by atoms with Gasteiger partial charge >= 0.3 is 0 Å². The summed E-state index contributed by atoms with van der Waals surface area (Å²) < 4.78 is 6.17. The molecule has 1 atom stereocenters. The molecule has 0 aromatic carbocycles. The highest BCUT2D eigenvalue weighted by atomic mass is 16.5. The molecule has 1 unspecified atom stereocenters. The molecular weight excluding hydrogens is 200 g/mol. The van der Waals surface area contributed by atoms with Gasteiger partial charge in [0.1, 0.15) is 5.72 Å². The van der Waals surface area contributed by atoms with Crippen LogP contribution in [-0.2, 0) is 4.74 Å². The fourth-order valence-corrected chi connectivity index (χ4v) is 2.99. The lowest BCUT2D eigenvalue weighted by Crippen LogP contribution is -2.51. The molecule has 1 N–H and O–H groups in total. The Morgan fingerprint density at radius 1 is 1.31 bits per heavy atom. The zero-order valence-electron chi connectivity index (χ0n) is 10.4. The monoisotopic (exact) mass is 224 g/mol. The maximum Gasteiger partial charge on any atom is 0.122 e. The van der Waals surface area contributed by atoms with Crippen LogP contribution in [0.5, 0.6) is 0 Å². The number of ether oxygens (including phenoxy) is 1. The van der Waals surface area contributed by atoms with E-state index >= 15 is 0 Å². The van der Waals surface area contributed by atoms with Gasteiger partial charge in [-0.1, -0.05) is 6.92 Å². The SMILES string of the molecule is CCC1CNC2(CCN(CC3CC3)CC2)O1. The molecule has 2 aliphatic heterocycles. The van der Waals surface area contributed by atoms with Crippen LogP contribution >= 0.6 is 0 Å². The fourth-order valence-electron chi connectivity index (χ4n) is 2.99. The molecule has 1 spiro atoms. The van der Waals surface area contributed by atoms with Crippen LogP contribution in [0, 0.1) is 5.92 Å². The third-order valence-electron chi connectivity index (χ3n) is 4.38. The smallest absolute Gasteiger partial charge is 0.122 e. The lowest BCUT2D eigenvalue weighted by atomic mass is 10.0. The van der Waals surface area contributed by atoms with Gasteiger partial charge in [0.05, 0.1) is 6.10 Å². The van der Waals surface area contributed by atoms with Crippen molar-refractivity contribution < 1.29 is 4.74 Å². The van der Waals surface area contributed by atoms with E-state index in [0.717, 1.165) is 18.9 Å². The van der Waals surface area contributed by atoms with Crippen molar-refractivity contribution >= 4 is 0 Å². The summed E-state index contributed by atoms with van der Waals surface area (Å²) in [6.07, 6.45) is 6.88. The van der Waals surface area contributed by atoms with Crippen LogP contribution in [-0.4, -0.2) is 42.9 Å². The van der Waals surface area contributed by atoms with Crippen LogP contribution in [0.1, 0.15) is 39.0 Å². The first kappa shape index (κ1) is 11.0. The summed E-state index contributed by atoms with van der Waals surface area (Å²) in [5, 5.41) is 3.61. The molecule has 2 heterocycles. The summed E-state index contributed by atoms with van der Waals surface area (Å²) in [4.78, 5) is 2.63. The summed E-state index contributed by atoms with van der Waals surface area (Å²) in [5.74, 6) is 1.02. The Hall–Kier alpha value is -0.120. The van der Waals surface area contributed by atoms with E-state index in [4.69, 9.17) is 4.74 Å². The molecule has 16 heavy (non-hydrogen) atoms. The molecule has 1 aliphatic carbocycles. The van der Waals surface area contributed by atoms with Crippen LogP contribution in [0.25, 0.3) is 0 Å². The molecular formula is C13H24N2O. The van der Waals surface area contributed by atoms with Gasteiger partial charge in [-0.2, -0.15) is 0 Å². The van der Waals surface area contributed by atoms with Gasteiger partial charge in [0, 0.05) is 39.0 Å². The number of hydrogen-bond acceptors (Lipinski definition) is 3. The van der Waals surface area contributed by atoms with Crippen molar-refractivity contribution in [2.75, 3.05) is 26.2 Å². The molecule has 3 fully saturated rings. The quantitative estimate of drug-likeness (QED) is 0.788. The zero-order valence-corrected chi connectivity index (χ0v) is 10.4. The summed E-state index contributed by atoms with van der Waals surface area (Å²) in [7, 11) is 0. The highest BCUT2D eigenvalue weighted by Crippen LogP contribution is 2.34. The van der Waals surface area contributed by atoms with E-state index in [-0.39, 0.29) is 5.72 Å². The molecule has 0 bridgehead atoms. The average Bonchev–Trinajstić information content (AvgIpc) is 3.03. The largest absolute Gasteiger partial charge is 0.356 e. The molecule has 0 amide bonds. The topological polar surface area (TPSA) is 24.5 Å². The number of nitrogens with zero attached hydrogens (tertiary/aromatic N) is 1. The van der Waals surface area contributed by atoms with Gasteiger partial charge in [0.15, 0.2) is 0 Å². The van der Waals surface area contributed by atoms with Crippen molar-refractivity contribution in [2.45, 2.75) is 50.9 Å². The molecule has 0 aromatic rings. The highest BCUT2D eigenvalue weighted by molar-refractivity contribution is 4.92. The van der Waals surface area contributed by atoms with Crippen LogP contribution in [0.4, 0.5) is 0 Å². The minimum atomic E-state index is 0.0424. The maximum atomic E-state index is 6.17. The van der Waals surface area contributed by atoms with E-state index in [1.165, 1.54) is 45.3 Å². The Labute approximate surface area is 98.5 Å². The molecule has 3 heteroatoms. The van der Waals surface area contributed by atoms with Gasteiger partial charge in [0.25, 0.3) is 0 Å². The van der Waals surface area contributed by atoms with Crippen molar-refractivity contribution in [3.63, 3.8) is 0 Å². The number of piperidine rings is 1. The summed E-state index contributed by atoms with van der Waals surface area (Å²) in [6, 6.07) is 0. The lowest BCUT2D eigenvalue weighted by Gasteiger charge is -2.39. The Bertz CT molecular complexity index is 244. The number of rotatable bonds is 3. The third kappa shape index (κ3) is 2.27. The van der Waals surface area contributed by atoms with E-state index in [1.807, 2.05) is 0 Å². The van der Waals surface area contributed by atoms with Gasteiger partial charge < -0.3 is 9.64 Å². The predicted octanol–water partition coefficient (Wildman–Crippen LogP) is 1.59. The Morgan fingerprint density at radius 2 is 2.06 bits per heavy atom. The van der Waals surface area contributed by atoms with Crippen molar-refractivity contribution in [1.82, 2.24) is 10.2 Å². The van der Waals surface area contributed by atoms with E-state index in [0.29, 0.717) is 6.10 Å². The van der Waals surface area contributed by atoms with Crippen molar-refractivity contribution in [2.24, 2.45) is 5.92 Å². The van der Waals surface area contributed by atoms with Gasteiger partial charge in [-0.05, 0) is 25.2 Å². The minimum absolute atomic E-state index is 0.0424. The highest BCUT2D eigenvalue weighted by Gasteiger charge is 2.42. The summed E-state index contributed by atoms with van der Waals surface area (Å²) in [5.41, 5.74) is 0.0424. The van der Waals surface area contributed by atoms with Crippen molar-refractivity contribution in [3.05, 3.63) is 0 Å². The Kier molecular flexibility index (Phi) is 2.94. The molecule has 2 saturated heterocycles.